The monoisotopic (exact) mass is 479 g/mol. The molecule has 1 aromatic rings. The van der Waals surface area contributed by atoms with Crippen molar-refractivity contribution in [2.24, 2.45) is 0 Å². The zero-order chi connectivity index (χ0) is 23.8. The van der Waals surface area contributed by atoms with Crippen LogP contribution in [0.5, 0.6) is 0 Å². The van der Waals surface area contributed by atoms with Crippen LogP contribution in [0.1, 0.15) is 31.7 Å². The highest BCUT2D eigenvalue weighted by Crippen LogP contribution is 2.18. The second-order valence-corrected chi connectivity index (χ2v) is 10.9. The minimum absolute atomic E-state index is 0.0241. The molecule has 0 saturated carbocycles. The lowest BCUT2D eigenvalue weighted by molar-refractivity contribution is -0.125. The quantitative estimate of drug-likeness (QED) is 0.532. The number of benzene rings is 1. The van der Waals surface area contributed by atoms with Gasteiger partial charge in [-0.15, -0.1) is 0 Å². The molecule has 0 aliphatic carbocycles. The average molecular weight is 480 g/mol. The third kappa shape index (κ3) is 7.49. The van der Waals surface area contributed by atoms with E-state index in [9.17, 15) is 18.0 Å². The van der Waals surface area contributed by atoms with Gasteiger partial charge in [0.15, 0.2) is 0 Å². The normalized spacial score (nSPS) is 19.3. The minimum Gasteiger partial charge on any atom is -0.355 e. The number of carbonyl (C=O) groups excluding carboxylic acids is 2. The molecule has 10 heteroatoms. The van der Waals surface area contributed by atoms with Gasteiger partial charge in [0, 0.05) is 51.9 Å². The van der Waals surface area contributed by atoms with E-state index in [2.05, 4.69) is 15.5 Å². The Kier molecular flexibility index (Phi) is 9.25. The Balaban J connectivity index is 1.37. The maximum Gasteiger partial charge on any atom is 0.243 e. The zero-order valence-electron chi connectivity index (χ0n) is 19.8. The maximum atomic E-state index is 12.8. The molecule has 1 aromatic carbocycles. The Morgan fingerprint density at radius 1 is 0.909 bits per heavy atom. The standard InChI is InChI=1S/C23H37N5O4S/c1-3-10-24-22(29)17-26-11-8-20(9-12-26)25-23(30)18-27-13-15-28(16-14-27)33(31,32)21-6-4-19(2)5-7-21/h4-7,20H,3,8-18H2,1-2H3,(H,24,29)(H,25,30). The van der Waals surface area contributed by atoms with Crippen LogP contribution in [0.4, 0.5) is 0 Å². The van der Waals surface area contributed by atoms with Crippen LogP contribution in [0, 0.1) is 6.92 Å². The fourth-order valence-electron chi connectivity index (χ4n) is 4.22. The van der Waals surface area contributed by atoms with Crippen LogP contribution in [0.25, 0.3) is 0 Å². The van der Waals surface area contributed by atoms with E-state index in [0.717, 1.165) is 37.9 Å². The lowest BCUT2D eigenvalue weighted by atomic mass is 10.0. The van der Waals surface area contributed by atoms with Crippen LogP contribution in [0.15, 0.2) is 29.2 Å². The maximum absolute atomic E-state index is 12.8. The molecular formula is C23H37N5O4S. The Hall–Kier alpha value is -2.01. The van der Waals surface area contributed by atoms with E-state index in [4.69, 9.17) is 0 Å². The molecule has 2 aliphatic rings. The number of hydrogen-bond acceptors (Lipinski definition) is 6. The van der Waals surface area contributed by atoms with Crippen LogP contribution < -0.4 is 10.6 Å². The molecule has 0 spiro atoms. The number of piperidine rings is 1. The van der Waals surface area contributed by atoms with Crippen molar-refractivity contribution in [3.8, 4) is 0 Å². The number of nitrogens with zero attached hydrogens (tertiary/aromatic N) is 3. The summed E-state index contributed by atoms with van der Waals surface area (Å²) >= 11 is 0. The molecule has 0 atom stereocenters. The van der Waals surface area contributed by atoms with E-state index >= 15 is 0 Å². The molecule has 9 nitrogen and oxygen atoms in total. The van der Waals surface area contributed by atoms with Crippen molar-refractivity contribution < 1.29 is 18.0 Å². The number of piperazine rings is 1. The molecule has 3 rings (SSSR count). The summed E-state index contributed by atoms with van der Waals surface area (Å²) in [5, 5.41) is 6.00. The van der Waals surface area contributed by atoms with Gasteiger partial charge in [0.1, 0.15) is 0 Å². The van der Waals surface area contributed by atoms with E-state index in [1.165, 1.54) is 4.31 Å². The van der Waals surface area contributed by atoms with Gasteiger partial charge in [0.2, 0.25) is 21.8 Å². The van der Waals surface area contributed by atoms with Crippen LogP contribution in [0.3, 0.4) is 0 Å². The second-order valence-electron chi connectivity index (χ2n) is 8.96. The molecule has 2 amide bonds. The molecule has 2 saturated heterocycles. The molecule has 2 heterocycles. The van der Waals surface area contributed by atoms with Gasteiger partial charge >= 0.3 is 0 Å². The fourth-order valence-corrected chi connectivity index (χ4v) is 5.64. The molecule has 33 heavy (non-hydrogen) atoms. The van der Waals surface area contributed by atoms with Gasteiger partial charge in [-0.1, -0.05) is 24.6 Å². The number of carbonyl (C=O) groups is 2. The second kappa shape index (κ2) is 11.9. The first-order valence-electron chi connectivity index (χ1n) is 11.9. The summed E-state index contributed by atoms with van der Waals surface area (Å²) in [5.41, 5.74) is 1.02. The molecular weight excluding hydrogens is 442 g/mol. The van der Waals surface area contributed by atoms with Crippen molar-refractivity contribution in [2.45, 2.75) is 44.0 Å². The van der Waals surface area contributed by atoms with Gasteiger partial charge in [-0.2, -0.15) is 4.31 Å². The molecule has 2 aliphatic heterocycles. The van der Waals surface area contributed by atoms with Crippen molar-refractivity contribution in [2.75, 3.05) is 58.9 Å². The predicted octanol–water partition coefficient (Wildman–Crippen LogP) is 0.408. The van der Waals surface area contributed by atoms with Gasteiger partial charge < -0.3 is 10.6 Å². The molecule has 2 fully saturated rings. The number of hydrogen-bond donors (Lipinski definition) is 2. The Labute approximate surface area is 197 Å². The number of sulfonamides is 1. The highest BCUT2D eigenvalue weighted by atomic mass is 32.2. The summed E-state index contributed by atoms with van der Waals surface area (Å²) in [6, 6.07) is 7.02. The smallest absolute Gasteiger partial charge is 0.243 e. The van der Waals surface area contributed by atoms with E-state index < -0.39 is 10.0 Å². The van der Waals surface area contributed by atoms with Gasteiger partial charge in [-0.3, -0.25) is 19.4 Å². The molecule has 2 N–H and O–H groups in total. The predicted molar refractivity (Wildman–Crippen MR) is 127 cm³/mol. The summed E-state index contributed by atoms with van der Waals surface area (Å²) in [7, 11) is -3.50. The number of rotatable bonds is 9. The first-order valence-corrected chi connectivity index (χ1v) is 13.3. The molecule has 0 bridgehead atoms. The first-order chi connectivity index (χ1) is 15.8. The summed E-state index contributed by atoms with van der Waals surface area (Å²) < 4.78 is 27.2. The van der Waals surface area contributed by atoms with Gasteiger partial charge in [0.25, 0.3) is 0 Å². The van der Waals surface area contributed by atoms with Crippen LogP contribution in [-0.2, 0) is 19.6 Å². The van der Waals surface area contributed by atoms with Crippen LogP contribution >= 0.6 is 0 Å². The fraction of sp³-hybridized carbons (Fsp3) is 0.652. The van der Waals surface area contributed by atoms with Crippen molar-refractivity contribution in [3.05, 3.63) is 29.8 Å². The lowest BCUT2D eigenvalue weighted by Gasteiger charge is -2.35. The highest BCUT2D eigenvalue weighted by molar-refractivity contribution is 7.89. The topological polar surface area (TPSA) is 102 Å². The van der Waals surface area contributed by atoms with Crippen molar-refractivity contribution in [1.82, 2.24) is 24.7 Å². The number of aryl methyl sites for hydroxylation is 1. The molecule has 184 valence electrons. The van der Waals surface area contributed by atoms with Crippen molar-refractivity contribution >= 4 is 21.8 Å². The van der Waals surface area contributed by atoms with Gasteiger partial charge in [-0.25, -0.2) is 8.42 Å². The molecule has 0 aromatic heterocycles. The SMILES string of the molecule is CCCNC(=O)CN1CCC(NC(=O)CN2CCN(S(=O)(=O)c3ccc(C)cc3)CC2)CC1. The Morgan fingerprint density at radius 3 is 2.09 bits per heavy atom. The summed E-state index contributed by atoms with van der Waals surface area (Å²) in [6.07, 6.45) is 2.59. The first kappa shape index (κ1) is 25.6. The molecule has 0 radical (unpaired) electrons. The Morgan fingerprint density at radius 2 is 1.48 bits per heavy atom. The number of likely N-dealkylation sites (tertiary alicyclic amines) is 1. The lowest BCUT2D eigenvalue weighted by Crippen LogP contribution is -2.53. The third-order valence-electron chi connectivity index (χ3n) is 6.25. The van der Waals surface area contributed by atoms with Crippen molar-refractivity contribution in [1.29, 1.82) is 0 Å². The van der Waals surface area contributed by atoms with E-state index in [-0.39, 0.29) is 24.4 Å². The Bertz CT molecular complexity index is 890. The number of nitrogens with one attached hydrogen (secondary N) is 2. The number of amides is 2. The van der Waals surface area contributed by atoms with Crippen molar-refractivity contribution in [3.63, 3.8) is 0 Å². The largest absolute Gasteiger partial charge is 0.355 e. The highest BCUT2D eigenvalue weighted by Gasteiger charge is 2.29. The van der Waals surface area contributed by atoms with Crippen LogP contribution in [0.2, 0.25) is 0 Å². The van der Waals surface area contributed by atoms with E-state index in [1.807, 2.05) is 18.7 Å². The minimum atomic E-state index is -3.50. The van der Waals surface area contributed by atoms with E-state index in [0.29, 0.717) is 44.2 Å². The third-order valence-corrected chi connectivity index (χ3v) is 8.16. The molecule has 0 unspecified atom stereocenters. The van der Waals surface area contributed by atoms with Crippen LogP contribution in [-0.4, -0.2) is 99.3 Å². The zero-order valence-corrected chi connectivity index (χ0v) is 20.6. The average Bonchev–Trinajstić information content (AvgIpc) is 2.79. The summed E-state index contributed by atoms with van der Waals surface area (Å²) in [6.45, 7) is 8.75. The summed E-state index contributed by atoms with van der Waals surface area (Å²) in [5.74, 6) is 0.0341. The van der Waals surface area contributed by atoms with Gasteiger partial charge in [0.05, 0.1) is 18.0 Å². The van der Waals surface area contributed by atoms with E-state index in [1.54, 1.807) is 24.3 Å². The summed E-state index contributed by atoms with van der Waals surface area (Å²) in [4.78, 5) is 28.8. The van der Waals surface area contributed by atoms with Gasteiger partial charge in [-0.05, 0) is 38.3 Å².